The van der Waals surface area contributed by atoms with Gasteiger partial charge in [0, 0.05) is 37.4 Å². The third-order valence-electron chi connectivity index (χ3n) is 2.73. The summed E-state index contributed by atoms with van der Waals surface area (Å²) in [5, 5.41) is 3.46. The van der Waals surface area contributed by atoms with Crippen LogP contribution in [-0.4, -0.2) is 9.97 Å². The quantitative estimate of drug-likeness (QED) is 0.872. The second-order valence-corrected chi connectivity index (χ2v) is 4.26. The predicted molar refractivity (Wildman–Crippen MR) is 68.5 cm³/mol. The van der Waals surface area contributed by atoms with Crippen molar-refractivity contribution in [3.05, 3.63) is 59.7 Å². The molecule has 0 aromatic carbocycles. The normalized spacial score (nSPS) is 12.4. The Labute approximate surface area is 102 Å². The van der Waals surface area contributed by atoms with Crippen LogP contribution in [0.2, 0.25) is 0 Å². The number of hydrogen-bond acceptors (Lipinski definition) is 3. The fourth-order valence-corrected chi connectivity index (χ4v) is 1.74. The zero-order valence-corrected chi connectivity index (χ0v) is 10.2. The Balaban J connectivity index is 1.95. The molecule has 0 aliphatic carbocycles. The molecule has 0 spiro atoms. The van der Waals surface area contributed by atoms with Crippen molar-refractivity contribution >= 4 is 0 Å². The van der Waals surface area contributed by atoms with Gasteiger partial charge in [-0.05, 0) is 36.6 Å². The van der Waals surface area contributed by atoms with Gasteiger partial charge in [-0.1, -0.05) is 12.1 Å². The van der Waals surface area contributed by atoms with Crippen LogP contribution in [0.15, 0.2) is 43.0 Å². The highest BCUT2D eigenvalue weighted by Gasteiger charge is 2.04. The zero-order chi connectivity index (χ0) is 12.1. The summed E-state index contributed by atoms with van der Waals surface area (Å²) in [5.74, 6) is 0. The van der Waals surface area contributed by atoms with Crippen LogP contribution >= 0.6 is 0 Å². The van der Waals surface area contributed by atoms with Crippen LogP contribution in [0.5, 0.6) is 0 Å². The van der Waals surface area contributed by atoms with Crippen LogP contribution in [0, 0.1) is 6.92 Å². The summed E-state index contributed by atoms with van der Waals surface area (Å²) in [6.45, 7) is 5.02. The average molecular weight is 227 g/mol. The van der Waals surface area contributed by atoms with Crippen molar-refractivity contribution in [3.63, 3.8) is 0 Å². The molecule has 17 heavy (non-hydrogen) atoms. The maximum Gasteiger partial charge on any atom is 0.0315 e. The Kier molecular flexibility index (Phi) is 3.83. The number of nitrogens with zero attached hydrogens (tertiary/aromatic N) is 2. The predicted octanol–water partition coefficient (Wildman–Crippen LogP) is 2.64. The highest BCUT2D eigenvalue weighted by molar-refractivity contribution is 5.17. The van der Waals surface area contributed by atoms with Crippen LogP contribution in [-0.2, 0) is 6.54 Å². The maximum absolute atomic E-state index is 4.18. The van der Waals surface area contributed by atoms with Crippen LogP contribution < -0.4 is 5.32 Å². The fourth-order valence-electron chi connectivity index (χ4n) is 1.74. The molecule has 0 bridgehead atoms. The Morgan fingerprint density at radius 1 is 1.24 bits per heavy atom. The third kappa shape index (κ3) is 3.36. The van der Waals surface area contributed by atoms with E-state index in [2.05, 4.69) is 41.3 Å². The first-order valence-corrected chi connectivity index (χ1v) is 5.79. The second-order valence-electron chi connectivity index (χ2n) is 4.26. The van der Waals surface area contributed by atoms with Crippen molar-refractivity contribution in [3.8, 4) is 0 Å². The molecule has 2 heterocycles. The molecule has 0 unspecified atom stereocenters. The van der Waals surface area contributed by atoms with Crippen molar-refractivity contribution < 1.29 is 0 Å². The molecule has 0 radical (unpaired) electrons. The number of rotatable bonds is 4. The van der Waals surface area contributed by atoms with Gasteiger partial charge in [0.2, 0.25) is 0 Å². The maximum atomic E-state index is 4.18. The lowest BCUT2D eigenvalue weighted by Gasteiger charge is -2.13. The van der Waals surface area contributed by atoms with Crippen LogP contribution in [0.25, 0.3) is 0 Å². The molecule has 0 fully saturated rings. The third-order valence-corrected chi connectivity index (χ3v) is 2.73. The summed E-state index contributed by atoms with van der Waals surface area (Å²) < 4.78 is 0. The smallest absolute Gasteiger partial charge is 0.0315 e. The summed E-state index contributed by atoms with van der Waals surface area (Å²) in [6.07, 6.45) is 7.46. The van der Waals surface area contributed by atoms with Gasteiger partial charge in [-0.2, -0.15) is 0 Å². The van der Waals surface area contributed by atoms with Gasteiger partial charge >= 0.3 is 0 Å². The Hall–Kier alpha value is -1.74. The molecule has 3 heteroatoms. The van der Waals surface area contributed by atoms with Crippen LogP contribution in [0.4, 0.5) is 0 Å². The lowest BCUT2D eigenvalue weighted by atomic mass is 10.1. The van der Waals surface area contributed by atoms with Gasteiger partial charge in [0.25, 0.3) is 0 Å². The lowest BCUT2D eigenvalue weighted by Crippen LogP contribution is -2.18. The van der Waals surface area contributed by atoms with Gasteiger partial charge in [0.15, 0.2) is 0 Å². The van der Waals surface area contributed by atoms with Crippen molar-refractivity contribution in [1.82, 2.24) is 15.3 Å². The van der Waals surface area contributed by atoms with E-state index in [1.807, 2.05) is 24.7 Å². The summed E-state index contributed by atoms with van der Waals surface area (Å²) in [5.41, 5.74) is 3.60. The van der Waals surface area contributed by atoms with Gasteiger partial charge in [0.1, 0.15) is 0 Å². The summed E-state index contributed by atoms with van der Waals surface area (Å²) in [4.78, 5) is 8.31. The molecule has 88 valence electrons. The molecular weight excluding hydrogens is 210 g/mol. The van der Waals surface area contributed by atoms with E-state index >= 15 is 0 Å². The molecule has 0 aliphatic rings. The number of nitrogens with one attached hydrogen (secondary N) is 1. The molecule has 1 atom stereocenters. The van der Waals surface area contributed by atoms with Gasteiger partial charge in [0.05, 0.1) is 0 Å². The van der Waals surface area contributed by atoms with E-state index in [0.717, 1.165) is 6.54 Å². The minimum absolute atomic E-state index is 0.296. The summed E-state index contributed by atoms with van der Waals surface area (Å²) in [7, 11) is 0. The molecule has 2 aromatic rings. The Morgan fingerprint density at radius 3 is 2.82 bits per heavy atom. The van der Waals surface area contributed by atoms with E-state index < -0.39 is 0 Å². The van der Waals surface area contributed by atoms with Crippen molar-refractivity contribution in [1.29, 1.82) is 0 Å². The van der Waals surface area contributed by atoms with Gasteiger partial charge < -0.3 is 5.32 Å². The van der Waals surface area contributed by atoms with Gasteiger partial charge in [-0.3, -0.25) is 9.97 Å². The molecule has 2 rings (SSSR count). The first-order valence-electron chi connectivity index (χ1n) is 5.79. The summed E-state index contributed by atoms with van der Waals surface area (Å²) >= 11 is 0. The molecule has 0 aliphatic heterocycles. The van der Waals surface area contributed by atoms with E-state index in [0.29, 0.717) is 6.04 Å². The van der Waals surface area contributed by atoms with E-state index in [4.69, 9.17) is 0 Å². The second kappa shape index (κ2) is 5.55. The Morgan fingerprint density at radius 2 is 2.12 bits per heavy atom. The van der Waals surface area contributed by atoms with E-state index in [-0.39, 0.29) is 0 Å². The highest BCUT2D eigenvalue weighted by Crippen LogP contribution is 2.11. The van der Waals surface area contributed by atoms with Crippen LogP contribution in [0.3, 0.4) is 0 Å². The number of pyridine rings is 2. The highest BCUT2D eigenvalue weighted by atomic mass is 14.9. The van der Waals surface area contributed by atoms with Crippen LogP contribution in [0.1, 0.15) is 29.7 Å². The van der Waals surface area contributed by atoms with E-state index in [1.165, 1.54) is 16.7 Å². The average Bonchev–Trinajstić information content (AvgIpc) is 2.37. The number of hydrogen-bond donors (Lipinski definition) is 1. The SMILES string of the molecule is Cc1cncc(CN[C@@H](C)c2cccnc2)c1. The minimum Gasteiger partial charge on any atom is -0.306 e. The molecular formula is C14H17N3. The molecule has 1 N–H and O–H groups in total. The first kappa shape index (κ1) is 11.7. The molecule has 2 aromatic heterocycles. The topological polar surface area (TPSA) is 37.8 Å². The summed E-state index contributed by atoms with van der Waals surface area (Å²) in [6, 6.07) is 6.49. The fraction of sp³-hybridized carbons (Fsp3) is 0.286. The van der Waals surface area contributed by atoms with E-state index in [9.17, 15) is 0 Å². The first-order chi connectivity index (χ1) is 8.25. The number of aromatic nitrogens is 2. The van der Waals surface area contributed by atoms with Gasteiger partial charge in [-0.15, -0.1) is 0 Å². The lowest BCUT2D eigenvalue weighted by molar-refractivity contribution is 0.572. The monoisotopic (exact) mass is 227 g/mol. The zero-order valence-electron chi connectivity index (χ0n) is 10.2. The standard InChI is InChI=1S/C14H17N3/c1-11-6-13(8-16-7-11)9-17-12(2)14-4-3-5-15-10-14/h3-8,10,12,17H,9H2,1-2H3/t12-/m0/s1. The molecule has 0 saturated heterocycles. The molecule has 0 amide bonds. The Bertz CT molecular complexity index is 468. The van der Waals surface area contributed by atoms with E-state index in [1.54, 1.807) is 6.20 Å². The molecule has 0 saturated carbocycles. The van der Waals surface area contributed by atoms with Gasteiger partial charge in [-0.25, -0.2) is 0 Å². The largest absolute Gasteiger partial charge is 0.306 e. The number of aryl methyl sites for hydroxylation is 1. The van der Waals surface area contributed by atoms with Crippen molar-refractivity contribution in [2.24, 2.45) is 0 Å². The van der Waals surface area contributed by atoms with Crippen molar-refractivity contribution in [2.45, 2.75) is 26.4 Å². The van der Waals surface area contributed by atoms with Crippen molar-refractivity contribution in [2.75, 3.05) is 0 Å². The molecule has 3 nitrogen and oxygen atoms in total. The minimum atomic E-state index is 0.296.